The summed E-state index contributed by atoms with van der Waals surface area (Å²) in [5.41, 5.74) is -1.10. The average Bonchev–Trinajstić information content (AvgIpc) is 2.14. The lowest BCUT2D eigenvalue weighted by molar-refractivity contribution is -0.141. The summed E-state index contributed by atoms with van der Waals surface area (Å²) in [6, 6.07) is 3.27. The van der Waals surface area contributed by atoms with Gasteiger partial charge < -0.3 is 5.11 Å². The van der Waals surface area contributed by atoms with E-state index in [1.54, 1.807) is 0 Å². The third kappa shape index (κ3) is 3.41. The maximum atomic E-state index is 12.2. The second kappa shape index (κ2) is 4.12. The molecule has 0 radical (unpaired) electrons. The Morgan fingerprint density at radius 1 is 1.40 bits per heavy atom. The predicted molar refractivity (Wildman–Crippen MR) is 45.9 cm³/mol. The lowest BCUT2D eigenvalue weighted by atomic mass is 10.3. The quantitative estimate of drug-likeness (QED) is 0.772. The topological polar surface area (TPSA) is 50.2 Å². The molecule has 0 aromatic carbocycles. The molecule has 0 aliphatic heterocycles. The molecule has 3 nitrogen and oxygen atoms in total. The Balaban J connectivity index is 2.98. The minimum absolute atomic E-state index is 0.0489. The molecule has 0 unspecified atom stereocenters. The summed E-state index contributed by atoms with van der Waals surface area (Å²) in [5, 5.41) is 8.27. The van der Waals surface area contributed by atoms with Crippen LogP contribution in [-0.4, -0.2) is 16.1 Å². The largest absolute Gasteiger partial charge is 0.478 e. The van der Waals surface area contributed by atoms with Crippen LogP contribution < -0.4 is 0 Å². The molecule has 0 aliphatic rings. The fourth-order valence-corrected chi connectivity index (χ4v) is 0.859. The zero-order valence-electron chi connectivity index (χ0n) is 7.32. The highest BCUT2D eigenvalue weighted by Gasteiger charge is 2.32. The zero-order valence-corrected chi connectivity index (χ0v) is 7.32. The molecule has 1 aromatic heterocycles. The fraction of sp³-hybridized carbons (Fsp3) is 0.111. The van der Waals surface area contributed by atoms with Crippen molar-refractivity contribution in [2.24, 2.45) is 0 Å². The summed E-state index contributed by atoms with van der Waals surface area (Å²) < 4.78 is 36.5. The SMILES string of the molecule is O=C(O)C=Cc1cccc(C(F)(F)F)n1. The van der Waals surface area contributed by atoms with Crippen molar-refractivity contribution in [3.8, 4) is 0 Å². The van der Waals surface area contributed by atoms with Crippen molar-refractivity contribution in [1.29, 1.82) is 0 Å². The summed E-state index contributed by atoms with van der Waals surface area (Å²) in [6.07, 6.45) is -2.80. The van der Waals surface area contributed by atoms with E-state index in [1.165, 1.54) is 6.07 Å². The van der Waals surface area contributed by atoms with Crippen LogP contribution in [0.3, 0.4) is 0 Å². The summed E-state index contributed by atoms with van der Waals surface area (Å²) in [7, 11) is 0. The molecule has 0 atom stereocenters. The van der Waals surface area contributed by atoms with Gasteiger partial charge in [0, 0.05) is 6.08 Å². The van der Waals surface area contributed by atoms with Gasteiger partial charge in [0.05, 0.1) is 5.69 Å². The first kappa shape index (κ1) is 11.2. The molecular weight excluding hydrogens is 211 g/mol. The Morgan fingerprint density at radius 2 is 2.07 bits per heavy atom. The van der Waals surface area contributed by atoms with E-state index in [0.717, 1.165) is 24.3 Å². The third-order valence-corrected chi connectivity index (χ3v) is 1.46. The van der Waals surface area contributed by atoms with Crippen LogP contribution in [0.5, 0.6) is 0 Å². The maximum absolute atomic E-state index is 12.2. The van der Waals surface area contributed by atoms with Crippen molar-refractivity contribution in [2.75, 3.05) is 0 Å². The Kier molecular flexibility index (Phi) is 3.08. The number of halogens is 3. The molecule has 6 heteroatoms. The molecule has 0 amide bonds. The monoisotopic (exact) mass is 217 g/mol. The molecule has 0 saturated carbocycles. The molecule has 1 heterocycles. The van der Waals surface area contributed by atoms with Gasteiger partial charge in [0.25, 0.3) is 0 Å². The van der Waals surface area contributed by atoms with Gasteiger partial charge in [-0.1, -0.05) is 6.07 Å². The predicted octanol–water partition coefficient (Wildman–Crippen LogP) is 2.20. The molecule has 1 aromatic rings. The van der Waals surface area contributed by atoms with Gasteiger partial charge in [-0.2, -0.15) is 13.2 Å². The molecular formula is C9H6F3NO2. The number of carbonyl (C=O) groups is 1. The molecule has 1 N–H and O–H groups in total. The minimum Gasteiger partial charge on any atom is -0.478 e. The summed E-state index contributed by atoms with van der Waals surface area (Å²) in [6.45, 7) is 0. The molecule has 15 heavy (non-hydrogen) atoms. The number of hydrogen-bond donors (Lipinski definition) is 1. The Morgan fingerprint density at radius 3 is 2.60 bits per heavy atom. The van der Waals surface area contributed by atoms with Crippen molar-refractivity contribution < 1.29 is 23.1 Å². The highest BCUT2D eigenvalue weighted by molar-refractivity contribution is 5.84. The first-order valence-electron chi connectivity index (χ1n) is 3.85. The van der Waals surface area contributed by atoms with E-state index in [1.807, 2.05) is 0 Å². The van der Waals surface area contributed by atoms with Crippen molar-refractivity contribution in [1.82, 2.24) is 4.98 Å². The Bertz CT molecular complexity index is 399. The maximum Gasteiger partial charge on any atom is 0.433 e. The van der Waals surface area contributed by atoms with E-state index in [2.05, 4.69) is 4.98 Å². The molecule has 0 fully saturated rings. The molecule has 0 aliphatic carbocycles. The van der Waals surface area contributed by atoms with Crippen LogP contribution in [0.2, 0.25) is 0 Å². The average molecular weight is 217 g/mol. The van der Waals surface area contributed by atoms with Gasteiger partial charge in [-0.25, -0.2) is 9.78 Å². The zero-order chi connectivity index (χ0) is 11.5. The molecule has 0 spiro atoms. The number of aromatic nitrogens is 1. The number of pyridine rings is 1. The van der Waals surface area contributed by atoms with Crippen LogP contribution >= 0.6 is 0 Å². The number of rotatable bonds is 2. The number of alkyl halides is 3. The second-order valence-electron chi connectivity index (χ2n) is 2.62. The molecule has 80 valence electrons. The van der Waals surface area contributed by atoms with Gasteiger partial charge in [-0.3, -0.25) is 0 Å². The van der Waals surface area contributed by atoms with Gasteiger partial charge in [0.15, 0.2) is 0 Å². The first-order chi connectivity index (χ1) is 6.89. The third-order valence-electron chi connectivity index (χ3n) is 1.46. The van der Waals surface area contributed by atoms with E-state index >= 15 is 0 Å². The minimum atomic E-state index is -4.52. The van der Waals surface area contributed by atoms with Crippen LogP contribution in [-0.2, 0) is 11.0 Å². The molecule has 0 bridgehead atoms. The lowest BCUT2D eigenvalue weighted by Crippen LogP contribution is -2.08. The fourth-order valence-electron chi connectivity index (χ4n) is 0.859. The standard InChI is InChI=1S/C9H6F3NO2/c10-9(11,12)7-3-1-2-6(13-7)4-5-8(14)15/h1-5H,(H,14,15). The first-order valence-corrected chi connectivity index (χ1v) is 3.85. The summed E-state index contributed by atoms with van der Waals surface area (Å²) in [5.74, 6) is -1.24. The molecule has 1 rings (SSSR count). The summed E-state index contributed by atoms with van der Waals surface area (Å²) in [4.78, 5) is 13.4. The van der Waals surface area contributed by atoms with Crippen molar-refractivity contribution in [3.63, 3.8) is 0 Å². The van der Waals surface area contributed by atoms with Crippen LogP contribution in [0, 0.1) is 0 Å². The van der Waals surface area contributed by atoms with E-state index in [4.69, 9.17) is 5.11 Å². The Labute approximate surface area is 82.9 Å². The lowest BCUT2D eigenvalue weighted by Gasteiger charge is -2.05. The van der Waals surface area contributed by atoms with Crippen molar-refractivity contribution in [3.05, 3.63) is 35.7 Å². The van der Waals surface area contributed by atoms with Crippen LogP contribution in [0.25, 0.3) is 6.08 Å². The number of carboxylic acid groups (broad SMARTS) is 1. The number of nitrogens with zero attached hydrogens (tertiary/aromatic N) is 1. The normalized spacial score (nSPS) is 11.9. The van der Waals surface area contributed by atoms with Gasteiger partial charge >= 0.3 is 12.1 Å². The smallest absolute Gasteiger partial charge is 0.433 e. The highest BCUT2D eigenvalue weighted by Crippen LogP contribution is 2.27. The highest BCUT2D eigenvalue weighted by atomic mass is 19.4. The van der Waals surface area contributed by atoms with E-state index in [0.29, 0.717) is 0 Å². The molecule has 0 saturated heterocycles. The van der Waals surface area contributed by atoms with Crippen LogP contribution in [0.1, 0.15) is 11.4 Å². The van der Waals surface area contributed by atoms with Gasteiger partial charge in [0.2, 0.25) is 0 Å². The van der Waals surface area contributed by atoms with E-state index in [-0.39, 0.29) is 5.69 Å². The summed E-state index contributed by atoms with van der Waals surface area (Å²) >= 11 is 0. The van der Waals surface area contributed by atoms with E-state index in [9.17, 15) is 18.0 Å². The van der Waals surface area contributed by atoms with Gasteiger partial charge in [-0.05, 0) is 18.2 Å². The number of carboxylic acids is 1. The van der Waals surface area contributed by atoms with E-state index < -0.39 is 17.8 Å². The number of aliphatic carboxylic acids is 1. The van der Waals surface area contributed by atoms with Crippen molar-refractivity contribution in [2.45, 2.75) is 6.18 Å². The number of hydrogen-bond acceptors (Lipinski definition) is 2. The van der Waals surface area contributed by atoms with Gasteiger partial charge in [-0.15, -0.1) is 0 Å². The van der Waals surface area contributed by atoms with Crippen LogP contribution in [0.15, 0.2) is 24.3 Å². The second-order valence-corrected chi connectivity index (χ2v) is 2.62. The Hall–Kier alpha value is -1.85. The van der Waals surface area contributed by atoms with Crippen molar-refractivity contribution >= 4 is 12.0 Å². The van der Waals surface area contributed by atoms with Crippen LogP contribution in [0.4, 0.5) is 13.2 Å². The van der Waals surface area contributed by atoms with Gasteiger partial charge in [0.1, 0.15) is 5.69 Å².